The number of ether oxygens (including phenoxy) is 1. The van der Waals surface area contributed by atoms with E-state index in [-0.39, 0.29) is 0 Å². The average Bonchev–Trinajstić information content (AvgIpc) is 3.39. The molecule has 0 unspecified atom stereocenters. The summed E-state index contributed by atoms with van der Waals surface area (Å²) in [6, 6.07) is 37.5. The van der Waals surface area contributed by atoms with Gasteiger partial charge in [0.1, 0.15) is 10.8 Å². The Bertz CT molecular complexity index is 1560. The van der Waals surface area contributed by atoms with E-state index in [0.717, 1.165) is 54.7 Å². The third kappa shape index (κ3) is 4.21. The Balaban J connectivity index is 1.60. The van der Waals surface area contributed by atoms with Crippen molar-refractivity contribution in [1.29, 1.82) is 0 Å². The molecule has 5 heteroatoms. The monoisotopic (exact) mass is 485 g/mol. The van der Waals surface area contributed by atoms with E-state index in [4.69, 9.17) is 9.72 Å². The Kier molecular flexibility index (Phi) is 5.90. The molecule has 0 bridgehead atoms. The van der Waals surface area contributed by atoms with Gasteiger partial charge in [0.05, 0.1) is 17.3 Å². The maximum atomic E-state index is 5.41. The smallest absolute Gasteiger partial charge is 0.124 e. The highest BCUT2D eigenvalue weighted by molar-refractivity contribution is 7.22. The summed E-state index contributed by atoms with van der Waals surface area (Å²) in [5.74, 6) is 0.836. The molecule has 4 aromatic carbocycles. The van der Waals surface area contributed by atoms with Gasteiger partial charge >= 0.3 is 0 Å². The van der Waals surface area contributed by atoms with Crippen molar-refractivity contribution >= 4 is 38.6 Å². The summed E-state index contributed by atoms with van der Waals surface area (Å²) < 4.78 is 6.57. The fourth-order valence-electron chi connectivity index (χ4n) is 4.35. The van der Waals surface area contributed by atoms with E-state index in [1.807, 2.05) is 48.8 Å². The van der Waals surface area contributed by atoms with Gasteiger partial charge in [-0.3, -0.25) is 4.98 Å². The number of pyridine rings is 1. The molecule has 36 heavy (non-hydrogen) atoms. The Labute approximate surface area is 214 Å². The van der Waals surface area contributed by atoms with Gasteiger partial charge in [-0.05, 0) is 54.1 Å². The van der Waals surface area contributed by atoms with Crippen LogP contribution in [0.4, 0.5) is 17.1 Å². The van der Waals surface area contributed by atoms with Crippen LogP contribution in [0.25, 0.3) is 31.9 Å². The topological polar surface area (TPSA) is 38.2 Å². The number of benzene rings is 4. The van der Waals surface area contributed by atoms with Crippen molar-refractivity contribution in [2.24, 2.45) is 0 Å². The third-order valence-electron chi connectivity index (χ3n) is 6.09. The van der Waals surface area contributed by atoms with Crippen LogP contribution in [0.5, 0.6) is 5.75 Å². The molecule has 0 aliphatic rings. The largest absolute Gasteiger partial charge is 0.497 e. The lowest BCUT2D eigenvalue weighted by atomic mass is 10.0. The molecule has 174 valence electrons. The van der Waals surface area contributed by atoms with Crippen molar-refractivity contribution < 1.29 is 4.74 Å². The minimum absolute atomic E-state index is 0.836. The maximum absolute atomic E-state index is 5.41. The van der Waals surface area contributed by atoms with Crippen molar-refractivity contribution in [1.82, 2.24) is 9.97 Å². The molecule has 2 aromatic heterocycles. The highest BCUT2D eigenvalue weighted by Gasteiger charge is 2.18. The molecule has 4 nitrogen and oxygen atoms in total. The van der Waals surface area contributed by atoms with Gasteiger partial charge < -0.3 is 9.64 Å². The lowest BCUT2D eigenvalue weighted by molar-refractivity contribution is 0.415. The molecule has 6 aromatic rings. The second kappa shape index (κ2) is 9.64. The molecule has 0 aliphatic carbocycles. The summed E-state index contributed by atoms with van der Waals surface area (Å²) in [6.45, 7) is 0. The fourth-order valence-corrected chi connectivity index (χ4v) is 5.44. The molecule has 0 saturated heterocycles. The molecular formula is C31H23N3OS. The van der Waals surface area contributed by atoms with Crippen LogP contribution < -0.4 is 9.64 Å². The van der Waals surface area contributed by atoms with E-state index >= 15 is 0 Å². The quantitative estimate of drug-likeness (QED) is 0.237. The summed E-state index contributed by atoms with van der Waals surface area (Å²) >= 11 is 1.72. The van der Waals surface area contributed by atoms with Crippen LogP contribution in [-0.2, 0) is 0 Å². The number of nitrogens with zero attached hydrogens (tertiary/aromatic N) is 3. The number of hydrogen-bond acceptors (Lipinski definition) is 5. The number of rotatable bonds is 6. The van der Waals surface area contributed by atoms with E-state index in [1.165, 1.54) is 0 Å². The van der Waals surface area contributed by atoms with Gasteiger partial charge in [0.2, 0.25) is 0 Å². The number of anilines is 3. The van der Waals surface area contributed by atoms with E-state index in [1.54, 1.807) is 18.4 Å². The summed E-state index contributed by atoms with van der Waals surface area (Å²) in [5.41, 5.74) is 7.49. The van der Waals surface area contributed by atoms with Crippen molar-refractivity contribution in [2.75, 3.05) is 12.0 Å². The zero-order valence-corrected chi connectivity index (χ0v) is 20.5. The third-order valence-corrected chi connectivity index (χ3v) is 7.24. The first-order valence-corrected chi connectivity index (χ1v) is 12.5. The highest BCUT2D eigenvalue weighted by Crippen LogP contribution is 2.43. The second-order valence-electron chi connectivity index (χ2n) is 8.33. The predicted molar refractivity (Wildman–Crippen MR) is 150 cm³/mol. The van der Waals surface area contributed by atoms with Gasteiger partial charge in [-0.25, -0.2) is 4.98 Å². The molecule has 0 aliphatic heterocycles. The van der Waals surface area contributed by atoms with E-state index < -0.39 is 0 Å². The Morgan fingerprint density at radius 3 is 2.03 bits per heavy atom. The first-order valence-electron chi connectivity index (χ1n) is 11.7. The zero-order chi connectivity index (χ0) is 24.3. The number of hydrogen-bond donors (Lipinski definition) is 0. The Morgan fingerprint density at radius 2 is 1.33 bits per heavy atom. The van der Waals surface area contributed by atoms with Gasteiger partial charge in [-0.15, -0.1) is 11.3 Å². The summed E-state index contributed by atoms with van der Waals surface area (Å²) in [7, 11) is 1.69. The molecule has 0 amide bonds. The molecule has 0 fully saturated rings. The SMILES string of the molecule is COc1ccc(-c2cc(N(c3ccccc3)c3ccncc3)cc3nc(-c4ccccc4)sc23)cc1. The van der Waals surface area contributed by atoms with Crippen LogP contribution in [0.3, 0.4) is 0 Å². The number of methoxy groups -OCH3 is 1. The maximum Gasteiger partial charge on any atom is 0.124 e. The molecule has 0 radical (unpaired) electrons. The lowest BCUT2D eigenvalue weighted by Gasteiger charge is -2.26. The van der Waals surface area contributed by atoms with Gasteiger partial charge in [-0.1, -0.05) is 60.7 Å². The fraction of sp³-hybridized carbons (Fsp3) is 0.0323. The van der Waals surface area contributed by atoms with Gasteiger partial charge in [0.25, 0.3) is 0 Å². The van der Waals surface area contributed by atoms with Crippen LogP contribution in [-0.4, -0.2) is 17.1 Å². The molecule has 2 heterocycles. The molecule has 0 N–H and O–H groups in total. The first-order chi connectivity index (χ1) is 17.8. The highest BCUT2D eigenvalue weighted by atomic mass is 32.1. The standard InChI is InChI=1S/C31H23N3OS/c1-35-27-14-12-22(13-15-27)28-20-26(21-29-30(28)36-31(33-29)23-8-4-2-5-9-23)34(24-10-6-3-7-11-24)25-16-18-32-19-17-25/h2-21H,1H3. The van der Waals surface area contributed by atoms with Crippen LogP contribution in [0.15, 0.2) is 122 Å². The van der Waals surface area contributed by atoms with Crippen LogP contribution in [0.1, 0.15) is 0 Å². The lowest BCUT2D eigenvalue weighted by Crippen LogP contribution is -2.10. The molecule has 0 atom stereocenters. The van der Waals surface area contributed by atoms with Crippen LogP contribution >= 0.6 is 11.3 Å². The molecule has 0 saturated carbocycles. The van der Waals surface area contributed by atoms with Crippen molar-refractivity contribution in [3.05, 3.63) is 122 Å². The van der Waals surface area contributed by atoms with Crippen LogP contribution in [0, 0.1) is 0 Å². The number of fused-ring (bicyclic) bond motifs is 1. The summed E-state index contributed by atoms with van der Waals surface area (Å²) in [4.78, 5) is 11.6. The van der Waals surface area contributed by atoms with Crippen LogP contribution in [0.2, 0.25) is 0 Å². The minimum atomic E-state index is 0.836. The van der Waals surface area contributed by atoms with E-state index in [2.05, 4.69) is 82.7 Å². The minimum Gasteiger partial charge on any atom is -0.497 e. The van der Waals surface area contributed by atoms with Crippen molar-refractivity contribution in [3.63, 3.8) is 0 Å². The number of para-hydroxylation sites is 1. The van der Waals surface area contributed by atoms with Crippen molar-refractivity contribution in [2.45, 2.75) is 0 Å². The normalized spacial score (nSPS) is 10.9. The Morgan fingerprint density at radius 1 is 0.667 bits per heavy atom. The summed E-state index contributed by atoms with van der Waals surface area (Å²) in [6.07, 6.45) is 3.65. The zero-order valence-electron chi connectivity index (χ0n) is 19.7. The average molecular weight is 486 g/mol. The second-order valence-corrected chi connectivity index (χ2v) is 9.33. The number of aromatic nitrogens is 2. The predicted octanol–water partition coefficient (Wildman–Crippen LogP) is 8.50. The van der Waals surface area contributed by atoms with E-state index in [9.17, 15) is 0 Å². The Hall–Kier alpha value is -4.48. The van der Waals surface area contributed by atoms with Gasteiger partial charge in [0, 0.05) is 40.6 Å². The van der Waals surface area contributed by atoms with Crippen molar-refractivity contribution in [3.8, 4) is 27.4 Å². The van der Waals surface area contributed by atoms with Gasteiger partial charge in [-0.2, -0.15) is 0 Å². The first kappa shape index (κ1) is 22.0. The number of thiazole rings is 1. The molecular weight excluding hydrogens is 462 g/mol. The molecule has 0 spiro atoms. The summed E-state index contributed by atoms with van der Waals surface area (Å²) in [5, 5.41) is 1.01. The molecule has 6 rings (SSSR count). The van der Waals surface area contributed by atoms with Gasteiger partial charge in [0.15, 0.2) is 0 Å². The van der Waals surface area contributed by atoms with E-state index in [0.29, 0.717) is 0 Å².